The van der Waals surface area contributed by atoms with Gasteiger partial charge in [0.15, 0.2) is 0 Å². The van der Waals surface area contributed by atoms with Crippen molar-refractivity contribution in [1.82, 2.24) is 4.90 Å². The minimum absolute atomic E-state index is 0.163. The topological polar surface area (TPSA) is 75.7 Å². The van der Waals surface area contributed by atoms with E-state index in [1.807, 2.05) is 0 Å². The highest BCUT2D eigenvalue weighted by Gasteiger charge is 2.36. The van der Waals surface area contributed by atoms with Crippen molar-refractivity contribution < 1.29 is 27.9 Å². The summed E-state index contributed by atoms with van der Waals surface area (Å²) >= 11 is 0.704. The average molecular weight is 404 g/mol. The maximum Gasteiger partial charge on any atom is 0.294 e. The number of carbonyl (C=O) groups is 3. The number of halogens is 2. The number of hydrogen-bond donors (Lipinski definition) is 1. The van der Waals surface area contributed by atoms with E-state index in [4.69, 9.17) is 4.74 Å². The lowest BCUT2D eigenvalue weighted by molar-refractivity contribution is -0.127. The van der Waals surface area contributed by atoms with E-state index in [9.17, 15) is 23.2 Å². The first-order valence-corrected chi connectivity index (χ1v) is 8.83. The molecule has 2 aromatic rings. The molecule has 1 aliphatic heterocycles. The summed E-state index contributed by atoms with van der Waals surface area (Å²) in [7, 11) is 1.53. The molecule has 1 aliphatic rings. The van der Waals surface area contributed by atoms with E-state index < -0.39 is 35.2 Å². The first kappa shape index (κ1) is 19.6. The Hall–Kier alpha value is -3.20. The molecule has 0 radical (unpaired) electrons. The average Bonchev–Trinajstić information content (AvgIpc) is 2.92. The van der Waals surface area contributed by atoms with Crippen molar-refractivity contribution in [1.29, 1.82) is 0 Å². The van der Waals surface area contributed by atoms with Crippen molar-refractivity contribution in [3.05, 3.63) is 64.6 Å². The summed E-state index contributed by atoms with van der Waals surface area (Å²) in [5, 5.41) is 1.60. The number of hydrogen-bond acceptors (Lipinski definition) is 5. The second-order valence-corrected chi connectivity index (χ2v) is 6.71. The fraction of sp³-hybridized carbons (Fsp3) is 0.105. The highest BCUT2D eigenvalue weighted by Crippen LogP contribution is 2.32. The SMILES string of the molecule is COc1ccc(C=C2SC(=O)N(CC(=O)Nc3ccc(F)cc3F)C2=O)cc1. The van der Waals surface area contributed by atoms with Gasteiger partial charge in [0.25, 0.3) is 11.1 Å². The fourth-order valence-electron chi connectivity index (χ4n) is 2.41. The number of benzene rings is 2. The monoisotopic (exact) mass is 404 g/mol. The Bertz CT molecular complexity index is 976. The molecule has 3 rings (SSSR count). The van der Waals surface area contributed by atoms with Crippen molar-refractivity contribution in [2.75, 3.05) is 19.0 Å². The third kappa shape index (κ3) is 4.37. The molecule has 0 aromatic heterocycles. The molecule has 1 saturated heterocycles. The van der Waals surface area contributed by atoms with Crippen molar-refractivity contribution in [2.24, 2.45) is 0 Å². The molecular weight excluding hydrogens is 390 g/mol. The van der Waals surface area contributed by atoms with Crippen LogP contribution in [0.2, 0.25) is 0 Å². The summed E-state index contributed by atoms with van der Waals surface area (Å²) in [5.41, 5.74) is 0.441. The third-order valence-electron chi connectivity index (χ3n) is 3.79. The summed E-state index contributed by atoms with van der Waals surface area (Å²) in [6.07, 6.45) is 1.53. The van der Waals surface area contributed by atoms with Crippen LogP contribution < -0.4 is 10.1 Å². The predicted molar refractivity (Wildman–Crippen MR) is 101 cm³/mol. The fourth-order valence-corrected chi connectivity index (χ4v) is 3.25. The lowest BCUT2D eigenvalue weighted by Gasteiger charge is -2.12. The molecule has 1 fully saturated rings. The van der Waals surface area contributed by atoms with Gasteiger partial charge in [0.2, 0.25) is 5.91 Å². The maximum atomic E-state index is 13.6. The number of nitrogens with zero attached hydrogens (tertiary/aromatic N) is 1. The van der Waals surface area contributed by atoms with Crippen LogP contribution in [0.1, 0.15) is 5.56 Å². The largest absolute Gasteiger partial charge is 0.497 e. The van der Waals surface area contributed by atoms with Crippen LogP contribution in [-0.4, -0.2) is 35.6 Å². The van der Waals surface area contributed by atoms with Crippen LogP contribution in [0.15, 0.2) is 47.4 Å². The summed E-state index contributed by atoms with van der Waals surface area (Å²) in [6.45, 7) is -0.582. The summed E-state index contributed by atoms with van der Waals surface area (Å²) < 4.78 is 31.6. The van der Waals surface area contributed by atoms with Gasteiger partial charge in [0.1, 0.15) is 23.9 Å². The number of thioether (sulfide) groups is 1. The highest BCUT2D eigenvalue weighted by atomic mass is 32.2. The van der Waals surface area contributed by atoms with Gasteiger partial charge < -0.3 is 10.1 Å². The van der Waals surface area contributed by atoms with Gasteiger partial charge in [0.05, 0.1) is 17.7 Å². The van der Waals surface area contributed by atoms with Crippen molar-refractivity contribution >= 4 is 40.6 Å². The molecule has 0 aliphatic carbocycles. The van der Waals surface area contributed by atoms with Gasteiger partial charge in [-0.05, 0) is 47.7 Å². The Labute approximate surface area is 163 Å². The van der Waals surface area contributed by atoms with Crippen molar-refractivity contribution in [3.63, 3.8) is 0 Å². The standard InChI is InChI=1S/C19H14F2N2O4S/c1-27-13-5-2-11(3-6-13)8-16-18(25)23(19(26)28-16)10-17(24)22-15-7-4-12(20)9-14(15)21/h2-9H,10H2,1H3,(H,22,24). The smallest absolute Gasteiger partial charge is 0.294 e. The van der Waals surface area contributed by atoms with Gasteiger partial charge in [-0.15, -0.1) is 0 Å². The van der Waals surface area contributed by atoms with E-state index in [0.717, 1.165) is 17.0 Å². The first-order chi connectivity index (χ1) is 13.4. The summed E-state index contributed by atoms with van der Waals surface area (Å²) in [6, 6.07) is 9.51. The molecule has 0 saturated carbocycles. The number of ether oxygens (including phenoxy) is 1. The molecule has 1 heterocycles. The minimum atomic E-state index is -0.957. The molecule has 2 aromatic carbocycles. The number of nitrogens with one attached hydrogen (secondary N) is 1. The number of methoxy groups -OCH3 is 1. The zero-order valence-corrected chi connectivity index (χ0v) is 15.4. The van der Waals surface area contributed by atoms with E-state index in [2.05, 4.69) is 5.32 Å². The van der Waals surface area contributed by atoms with Gasteiger partial charge in [-0.3, -0.25) is 19.3 Å². The minimum Gasteiger partial charge on any atom is -0.497 e. The van der Waals surface area contributed by atoms with Crippen LogP contribution in [0.3, 0.4) is 0 Å². The van der Waals surface area contributed by atoms with Crippen LogP contribution in [0.4, 0.5) is 19.3 Å². The van der Waals surface area contributed by atoms with Crippen LogP contribution in [-0.2, 0) is 9.59 Å². The van der Waals surface area contributed by atoms with E-state index >= 15 is 0 Å². The third-order valence-corrected chi connectivity index (χ3v) is 4.70. The molecule has 6 nitrogen and oxygen atoms in total. The number of anilines is 1. The quantitative estimate of drug-likeness (QED) is 0.770. The Morgan fingerprint density at radius 1 is 1.18 bits per heavy atom. The second kappa shape index (κ2) is 8.22. The lowest BCUT2D eigenvalue weighted by Crippen LogP contribution is -2.36. The lowest BCUT2D eigenvalue weighted by atomic mass is 10.2. The van der Waals surface area contributed by atoms with E-state index in [0.29, 0.717) is 29.1 Å². The molecule has 0 atom stereocenters. The molecule has 144 valence electrons. The highest BCUT2D eigenvalue weighted by molar-refractivity contribution is 8.18. The van der Waals surface area contributed by atoms with Crippen molar-refractivity contribution in [2.45, 2.75) is 0 Å². The summed E-state index contributed by atoms with van der Waals surface area (Å²) in [4.78, 5) is 37.5. The van der Waals surface area contributed by atoms with E-state index in [1.165, 1.54) is 13.2 Å². The Kier molecular flexibility index (Phi) is 5.74. The second-order valence-electron chi connectivity index (χ2n) is 5.71. The molecular formula is C19H14F2N2O4S. The predicted octanol–water partition coefficient (Wildman–Crippen LogP) is 3.65. The first-order valence-electron chi connectivity index (χ1n) is 8.01. The van der Waals surface area contributed by atoms with E-state index in [-0.39, 0.29) is 10.6 Å². The van der Waals surface area contributed by atoms with Crippen LogP contribution >= 0.6 is 11.8 Å². The van der Waals surface area contributed by atoms with Gasteiger partial charge in [-0.25, -0.2) is 8.78 Å². The zero-order chi connectivity index (χ0) is 20.3. The Morgan fingerprint density at radius 3 is 2.54 bits per heavy atom. The molecule has 9 heteroatoms. The van der Waals surface area contributed by atoms with Crippen LogP contribution in [0.25, 0.3) is 6.08 Å². The molecule has 0 unspecified atom stereocenters. The summed E-state index contributed by atoms with van der Waals surface area (Å²) in [5.74, 6) is -2.50. The van der Waals surface area contributed by atoms with Gasteiger partial charge in [-0.1, -0.05) is 12.1 Å². The Balaban J connectivity index is 1.69. The van der Waals surface area contributed by atoms with Crippen LogP contribution in [0, 0.1) is 11.6 Å². The molecule has 0 bridgehead atoms. The number of carbonyl (C=O) groups excluding carboxylic acids is 3. The molecule has 28 heavy (non-hydrogen) atoms. The number of rotatable bonds is 5. The van der Waals surface area contributed by atoms with E-state index in [1.54, 1.807) is 24.3 Å². The number of imide groups is 1. The molecule has 3 amide bonds. The Morgan fingerprint density at radius 2 is 1.89 bits per heavy atom. The van der Waals surface area contributed by atoms with Gasteiger partial charge >= 0.3 is 0 Å². The van der Waals surface area contributed by atoms with Crippen LogP contribution in [0.5, 0.6) is 5.75 Å². The van der Waals surface area contributed by atoms with Gasteiger partial charge in [0, 0.05) is 6.07 Å². The normalized spacial score (nSPS) is 15.2. The van der Waals surface area contributed by atoms with Gasteiger partial charge in [-0.2, -0.15) is 0 Å². The number of amides is 3. The molecule has 0 spiro atoms. The molecule has 1 N–H and O–H groups in total. The maximum absolute atomic E-state index is 13.6. The zero-order valence-electron chi connectivity index (χ0n) is 14.6. The van der Waals surface area contributed by atoms with Crippen molar-refractivity contribution in [3.8, 4) is 5.75 Å².